The fraction of sp³-hybridized carbons (Fsp3) is 0.467. The van der Waals surface area contributed by atoms with Gasteiger partial charge >= 0.3 is 0 Å². The zero-order chi connectivity index (χ0) is 44.1. The number of aliphatic hydroxyl groups is 1. The molecule has 1 aromatic heterocycles. The van der Waals surface area contributed by atoms with Crippen LogP contribution in [-0.2, 0) is 30.4 Å². The van der Waals surface area contributed by atoms with Crippen molar-refractivity contribution in [2.75, 3.05) is 17.2 Å². The minimum absolute atomic E-state index is 0.0335. The number of amides is 2. The number of nitrogens with zero attached hydrogens (tertiary/aromatic N) is 3. The Morgan fingerprint density at radius 1 is 0.932 bits per heavy atom. The number of carbonyl (C=O) groups is 2. The maximum absolute atomic E-state index is 14.2. The highest BCUT2D eigenvalue weighted by molar-refractivity contribution is 7.90. The van der Waals surface area contributed by atoms with Gasteiger partial charge in [-0.05, 0) is 79.0 Å². The average molecular weight is 867 g/mol. The largest absolute Gasteiger partial charge is 0.509 e. The molecule has 0 spiro atoms. The van der Waals surface area contributed by atoms with Gasteiger partial charge in [0.2, 0.25) is 10.7 Å². The number of ether oxygens (including phenoxy) is 1. The van der Waals surface area contributed by atoms with Gasteiger partial charge in [-0.15, -0.1) is 4.40 Å². The zero-order valence-electron chi connectivity index (χ0n) is 36.4. The smallest absolute Gasteiger partial charge is 0.285 e. The van der Waals surface area contributed by atoms with Gasteiger partial charge in [0.05, 0.1) is 22.2 Å². The molecule has 59 heavy (non-hydrogen) atoms. The molecule has 0 fully saturated rings. The summed E-state index contributed by atoms with van der Waals surface area (Å²) in [4.78, 5) is 27.2. The number of carbonyl (C=O) groups excluding carboxylic acids is 2. The van der Waals surface area contributed by atoms with Crippen LogP contribution in [0.5, 0.6) is 5.75 Å². The lowest BCUT2D eigenvalue weighted by Crippen LogP contribution is -2.30. The van der Waals surface area contributed by atoms with Crippen LogP contribution in [0.3, 0.4) is 0 Å². The highest BCUT2D eigenvalue weighted by atomic mass is 35.5. The highest BCUT2D eigenvalue weighted by Gasteiger charge is 2.31. The van der Waals surface area contributed by atoms with Gasteiger partial charge in [-0.2, -0.15) is 18.2 Å². The second-order valence-electron chi connectivity index (χ2n) is 17.5. The lowest BCUT2D eigenvalue weighted by Gasteiger charge is -2.30. The molecule has 0 aliphatic heterocycles. The molecule has 3 aromatic carbocycles. The van der Waals surface area contributed by atoms with Gasteiger partial charge in [-0.25, -0.2) is 0 Å². The second-order valence-corrected chi connectivity index (χ2v) is 20.4. The lowest BCUT2D eigenvalue weighted by molar-refractivity contribution is -0.116. The molecule has 0 saturated carbocycles. The molecule has 0 aliphatic carbocycles. The van der Waals surface area contributed by atoms with E-state index in [9.17, 15) is 23.1 Å². The molecule has 320 valence electrons. The summed E-state index contributed by atoms with van der Waals surface area (Å²) < 4.78 is 38.4. The van der Waals surface area contributed by atoms with Crippen LogP contribution in [0.4, 0.5) is 11.4 Å². The molecule has 2 amide bonds. The third-order valence-corrected chi connectivity index (χ3v) is 13.4. The summed E-state index contributed by atoms with van der Waals surface area (Å²) in [6, 6.07) is 17.3. The van der Waals surface area contributed by atoms with Crippen LogP contribution in [0.1, 0.15) is 129 Å². The third kappa shape index (κ3) is 11.9. The van der Waals surface area contributed by atoms with Gasteiger partial charge in [-0.3, -0.25) is 9.59 Å². The molecule has 1 heterocycles. The van der Waals surface area contributed by atoms with Gasteiger partial charge in [0.15, 0.2) is 5.70 Å². The van der Waals surface area contributed by atoms with Crippen molar-refractivity contribution in [3.05, 3.63) is 97.9 Å². The average Bonchev–Trinajstić information content (AvgIpc) is 3.57. The van der Waals surface area contributed by atoms with E-state index in [1.807, 2.05) is 26.8 Å². The number of sulfonamides is 1. The SMILES string of the molecule is CCC(C)(C)c1ccc(OCCCC(=O)Nc2ccc(Cl)c(NC(=O)/C(=C(\O)C(C)(C)C)n3nc(C(C)C)s/c3=N\S(=O)(=O)c3ccc(C)cc3)c2)c(C(C)(C)CC)c1. The number of aliphatic hydroxyl groups excluding tert-OH is 1. The van der Waals surface area contributed by atoms with E-state index in [1.165, 1.54) is 29.8 Å². The van der Waals surface area contributed by atoms with E-state index in [1.54, 1.807) is 39.0 Å². The summed E-state index contributed by atoms with van der Waals surface area (Å²) in [6.07, 6.45) is 2.61. The standard InChI is InChI=1S/C45H60ClN5O6S2/c1-13-44(9,10)30-19-24-36(33(26-30)45(11,12)14-2)57-25-15-16-37(52)47-31-20-23-34(46)35(27-31)48-40(54)38(39(53)43(6,7)8)51-42(58-41(49-51)28(3)4)50-59(55,56)32-21-17-29(5)18-22-32/h17-24,26-28,53H,13-16,25H2,1-12H3,(H,47,52)(H,48,54)/b39-38+,50-42-. The van der Waals surface area contributed by atoms with Crippen molar-refractivity contribution in [1.29, 1.82) is 0 Å². The number of hydrogen-bond acceptors (Lipinski definition) is 8. The predicted octanol–water partition coefficient (Wildman–Crippen LogP) is 10.9. The Morgan fingerprint density at radius 3 is 2.17 bits per heavy atom. The number of aromatic nitrogens is 2. The normalized spacial score (nSPS) is 13.4. The highest BCUT2D eigenvalue weighted by Crippen LogP contribution is 2.39. The third-order valence-electron chi connectivity index (χ3n) is 10.5. The summed E-state index contributed by atoms with van der Waals surface area (Å²) >= 11 is 7.55. The van der Waals surface area contributed by atoms with Crippen molar-refractivity contribution in [1.82, 2.24) is 9.78 Å². The van der Waals surface area contributed by atoms with Crippen LogP contribution in [-0.4, -0.2) is 41.7 Å². The lowest BCUT2D eigenvalue weighted by atomic mass is 9.76. The minimum Gasteiger partial charge on any atom is -0.509 e. The van der Waals surface area contributed by atoms with E-state index in [0.29, 0.717) is 23.7 Å². The zero-order valence-corrected chi connectivity index (χ0v) is 38.8. The predicted molar refractivity (Wildman–Crippen MR) is 240 cm³/mol. The molecule has 0 unspecified atom stereocenters. The summed E-state index contributed by atoms with van der Waals surface area (Å²) in [5.74, 6) is -0.782. The van der Waals surface area contributed by atoms with Crippen molar-refractivity contribution in [3.63, 3.8) is 0 Å². The first-order valence-corrected chi connectivity index (χ1v) is 22.6. The van der Waals surface area contributed by atoms with Crippen molar-refractivity contribution in [2.24, 2.45) is 9.81 Å². The molecular weight excluding hydrogens is 806 g/mol. The molecule has 0 saturated heterocycles. The molecule has 4 aromatic rings. The first-order chi connectivity index (χ1) is 27.4. The first-order valence-electron chi connectivity index (χ1n) is 20.0. The number of aryl methyl sites for hydroxylation is 1. The van der Waals surface area contributed by atoms with E-state index in [2.05, 4.69) is 73.8 Å². The molecular formula is C45H60ClN5O6S2. The summed E-state index contributed by atoms with van der Waals surface area (Å²) in [7, 11) is -4.24. The Balaban J connectivity index is 1.56. The maximum Gasteiger partial charge on any atom is 0.285 e. The van der Waals surface area contributed by atoms with E-state index in [-0.39, 0.29) is 60.9 Å². The van der Waals surface area contributed by atoms with Crippen molar-refractivity contribution >= 4 is 61.8 Å². The van der Waals surface area contributed by atoms with Crippen LogP contribution < -0.4 is 20.2 Å². The number of benzene rings is 3. The summed E-state index contributed by atoms with van der Waals surface area (Å²) in [5, 5.41) is 22.4. The topological polar surface area (TPSA) is 152 Å². The molecule has 0 bridgehead atoms. The molecule has 0 aliphatic rings. The Kier molecular flexibility index (Phi) is 15.1. The van der Waals surface area contributed by atoms with Crippen molar-refractivity contribution in [3.8, 4) is 5.75 Å². The Hall–Kier alpha value is -4.46. The maximum atomic E-state index is 14.2. The van der Waals surface area contributed by atoms with Gasteiger partial charge in [0.25, 0.3) is 15.9 Å². The van der Waals surface area contributed by atoms with Gasteiger partial charge in [0.1, 0.15) is 16.5 Å². The Morgan fingerprint density at radius 2 is 1.58 bits per heavy atom. The van der Waals surface area contributed by atoms with Crippen LogP contribution >= 0.6 is 22.9 Å². The van der Waals surface area contributed by atoms with E-state index < -0.39 is 21.3 Å². The fourth-order valence-corrected chi connectivity index (χ4v) is 8.02. The molecule has 4 rings (SSSR count). The number of halogens is 1. The number of hydrogen-bond donors (Lipinski definition) is 3. The molecule has 0 atom stereocenters. The molecule has 14 heteroatoms. The van der Waals surface area contributed by atoms with E-state index >= 15 is 0 Å². The molecule has 3 N–H and O–H groups in total. The number of anilines is 2. The summed E-state index contributed by atoms with van der Waals surface area (Å²) in [5.41, 5.74) is 2.46. The Bertz CT molecular complexity index is 2370. The number of nitrogens with one attached hydrogen (secondary N) is 2. The number of rotatable bonds is 16. The summed E-state index contributed by atoms with van der Waals surface area (Å²) in [6.45, 7) is 24.3. The van der Waals surface area contributed by atoms with Gasteiger partial charge < -0.3 is 20.5 Å². The molecule has 0 radical (unpaired) electrons. The van der Waals surface area contributed by atoms with Gasteiger partial charge in [-0.1, -0.05) is 129 Å². The second kappa shape index (κ2) is 18.9. The van der Waals surface area contributed by atoms with Crippen molar-refractivity contribution < 1.29 is 27.9 Å². The van der Waals surface area contributed by atoms with Crippen LogP contribution in [0.15, 0.2) is 75.7 Å². The fourth-order valence-electron chi connectivity index (χ4n) is 5.78. The minimum atomic E-state index is -4.24. The van der Waals surface area contributed by atoms with Crippen LogP contribution in [0, 0.1) is 12.3 Å². The Labute approximate surface area is 359 Å². The number of allylic oxidation sites excluding steroid dienone is 1. The van der Waals surface area contributed by atoms with Crippen LogP contribution in [0.2, 0.25) is 5.02 Å². The monoisotopic (exact) mass is 865 g/mol. The van der Waals surface area contributed by atoms with Crippen molar-refractivity contribution in [2.45, 2.75) is 130 Å². The van der Waals surface area contributed by atoms with E-state index in [4.69, 9.17) is 16.3 Å². The van der Waals surface area contributed by atoms with Gasteiger partial charge in [0, 0.05) is 29.0 Å². The van der Waals surface area contributed by atoms with E-state index in [0.717, 1.165) is 45.7 Å². The first kappa shape index (κ1) is 47.2. The quantitative estimate of drug-likeness (QED) is 0.0576. The molecule has 11 nitrogen and oxygen atoms in total. The van der Waals surface area contributed by atoms with Crippen LogP contribution in [0.25, 0.3) is 5.70 Å².